The van der Waals surface area contributed by atoms with Crippen molar-refractivity contribution in [2.24, 2.45) is 0 Å². The fourth-order valence-electron chi connectivity index (χ4n) is 2.00. The summed E-state index contributed by atoms with van der Waals surface area (Å²) in [6.07, 6.45) is 0. The number of anilines is 1. The fraction of sp³-hybridized carbons (Fsp3) is 0.176. The average molecular weight is 433 g/mol. The molecule has 0 aliphatic carbocycles. The van der Waals surface area contributed by atoms with Gasteiger partial charge < -0.3 is 10.1 Å². The molecule has 1 atom stereocenters. The number of hydrogen-bond donors (Lipinski definition) is 2. The van der Waals surface area contributed by atoms with Crippen LogP contribution in [0.15, 0.2) is 47.4 Å². The lowest BCUT2D eigenvalue weighted by Gasteiger charge is -2.14. The summed E-state index contributed by atoms with van der Waals surface area (Å²) in [6, 6.07) is 6.40. The van der Waals surface area contributed by atoms with Gasteiger partial charge in [0, 0.05) is 11.1 Å². The number of sulfonamides is 1. The van der Waals surface area contributed by atoms with Crippen molar-refractivity contribution < 1.29 is 31.5 Å². The molecule has 0 heterocycles. The maximum absolute atomic E-state index is 13.5. The molecule has 1 amide bonds. The fourth-order valence-corrected chi connectivity index (χ4v) is 3.32. The minimum atomic E-state index is -4.02. The lowest BCUT2D eigenvalue weighted by atomic mass is 10.3. The van der Waals surface area contributed by atoms with Crippen LogP contribution in [0, 0.1) is 11.6 Å². The Hall–Kier alpha value is -2.56. The van der Waals surface area contributed by atoms with E-state index >= 15 is 0 Å². The van der Waals surface area contributed by atoms with Crippen molar-refractivity contribution in [3.05, 3.63) is 59.1 Å². The second kappa shape index (κ2) is 9.09. The van der Waals surface area contributed by atoms with Gasteiger partial charge in [-0.1, -0.05) is 11.6 Å². The highest BCUT2D eigenvalue weighted by Crippen LogP contribution is 2.16. The van der Waals surface area contributed by atoms with Gasteiger partial charge in [0.25, 0.3) is 5.91 Å². The molecule has 150 valence electrons. The Morgan fingerprint density at radius 2 is 1.79 bits per heavy atom. The van der Waals surface area contributed by atoms with Gasteiger partial charge in [0.05, 0.1) is 10.6 Å². The van der Waals surface area contributed by atoms with E-state index in [0.717, 1.165) is 18.2 Å². The number of esters is 1. The molecule has 0 radical (unpaired) electrons. The zero-order valence-electron chi connectivity index (χ0n) is 14.4. The molecule has 2 aromatic carbocycles. The predicted octanol–water partition coefficient (Wildman–Crippen LogP) is 2.47. The quantitative estimate of drug-likeness (QED) is 0.654. The summed E-state index contributed by atoms with van der Waals surface area (Å²) < 4.78 is 57.7. The normalized spacial score (nSPS) is 12.3. The predicted molar refractivity (Wildman–Crippen MR) is 97.2 cm³/mol. The molecule has 0 unspecified atom stereocenters. The van der Waals surface area contributed by atoms with Gasteiger partial charge in [0.2, 0.25) is 10.0 Å². The molecule has 0 bridgehead atoms. The van der Waals surface area contributed by atoms with Crippen molar-refractivity contribution in [3.8, 4) is 0 Å². The summed E-state index contributed by atoms with van der Waals surface area (Å²) in [7, 11) is -4.02. The van der Waals surface area contributed by atoms with E-state index in [1.54, 1.807) is 0 Å². The van der Waals surface area contributed by atoms with Crippen LogP contribution in [0.2, 0.25) is 5.02 Å². The van der Waals surface area contributed by atoms with Gasteiger partial charge in [-0.25, -0.2) is 17.2 Å². The number of rotatable bonds is 7. The molecule has 0 saturated carbocycles. The number of carbonyl (C=O) groups excluding carboxylic acids is 2. The van der Waals surface area contributed by atoms with Crippen molar-refractivity contribution in [1.82, 2.24) is 4.72 Å². The summed E-state index contributed by atoms with van der Waals surface area (Å²) >= 11 is 5.69. The van der Waals surface area contributed by atoms with Gasteiger partial charge in [-0.3, -0.25) is 9.59 Å². The van der Waals surface area contributed by atoms with Crippen molar-refractivity contribution in [1.29, 1.82) is 0 Å². The minimum Gasteiger partial charge on any atom is -0.454 e. The number of halogens is 3. The van der Waals surface area contributed by atoms with Gasteiger partial charge >= 0.3 is 5.97 Å². The van der Waals surface area contributed by atoms with E-state index in [4.69, 9.17) is 16.3 Å². The van der Waals surface area contributed by atoms with Crippen LogP contribution in [0.4, 0.5) is 14.5 Å². The smallest absolute Gasteiger partial charge is 0.324 e. The number of benzene rings is 2. The summed E-state index contributed by atoms with van der Waals surface area (Å²) in [5.41, 5.74) is -0.419. The van der Waals surface area contributed by atoms with Gasteiger partial charge in [0.15, 0.2) is 6.61 Å². The van der Waals surface area contributed by atoms with Gasteiger partial charge in [-0.15, -0.1) is 0 Å². The highest BCUT2D eigenvalue weighted by Gasteiger charge is 2.23. The molecule has 2 rings (SSSR count). The molecular formula is C17H15ClF2N2O5S. The molecule has 28 heavy (non-hydrogen) atoms. The monoisotopic (exact) mass is 432 g/mol. The van der Waals surface area contributed by atoms with Gasteiger partial charge in [-0.05, 0) is 43.3 Å². The van der Waals surface area contributed by atoms with Crippen LogP contribution >= 0.6 is 11.6 Å². The largest absolute Gasteiger partial charge is 0.454 e. The van der Waals surface area contributed by atoms with Crippen LogP contribution in [0.1, 0.15) is 6.92 Å². The van der Waals surface area contributed by atoms with E-state index in [0.29, 0.717) is 5.02 Å². The lowest BCUT2D eigenvalue weighted by Crippen LogP contribution is -2.40. The molecule has 0 spiro atoms. The Balaban J connectivity index is 1.90. The molecule has 0 aliphatic rings. The summed E-state index contributed by atoms with van der Waals surface area (Å²) in [6.45, 7) is 0.405. The maximum Gasteiger partial charge on any atom is 0.324 e. The van der Waals surface area contributed by atoms with Crippen LogP contribution in [-0.2, 0) is 24.3 Å². The van der Waals surface area contributed by atoms with Crippen LogP contribution in [0.3, 0.4) is 0 Å². The number of carbonyl (C=O) groups is 2. The number of ether oxygens (including phenoxy) is 1. The van der Waals surface area contributed by atoms with Crippen LogP contribution in [-0.4, -0.2) is 32.9 Å². The molecule has 2 aromatic rings. The Morgan fingerprint density at radius 1 is 1.14 bits per heavy atom. The first-order valence-electron chi connectivity index (χ1n) is 7.78. The molecule has 0 saturated heterocycles. The molecule has 11 heteroatoms. The van der Waals surface area contributed by atoms with Crippen molar-refractivity contribution in [2.45, 2.75) is 17.9 Å². The summed E-state index contributed by atoms with van der Waals surface area (Å²) in [4.78, 5) is 23.5. The third kappa shape index (κ3) is 5.98. The second-order valence-corrected chi connectivity index (χ2v) is 7.73. The molecule has 2 N–H and O–H groups in total. The summed E-state index contributed by atoms with van der Waals surface area (Å²) in [5, 5.41) is 2.38. The number of hydrogen-bond acceptors (Lipinski definition) is 5. The highest BCUT2D eigenvalue weighted by atomic mass is 35.5. The van der Waals surface area contributed by atoms with E-state index in [-0.39, 0.29) is 4.90 Å². The van der Waals surface area contributed by atoms with Crippen LogP contribution in [0.25, 0.3) is 0 Å². The van der Waals surface area contributed by atoms with E-state index in [1.165, 1.54) is 31.2 Å². The first kappa shape index (κ1) is 21.7. The topological polar surface area (TPSA) is 102 Å². The van der Waals surface area contributed by atoms with E-state index in [2.05, 4.69) is 4.72 Å². The van der Waals surface area contributed by atoms with Crippen molar-refractivity contribution in [3.63, 3.8) is 0 Å². The zero-order chi connectivity index (χ0) is 20.9. The molecule has 0 fully saturated rings. The summed E-state index contributed by atoms with van der Waals surface area (Å²) in [5.74, 6) is -3.60. The SMILES string of the molecule is C[C@H](NS(=O)(=O)c1ccc(Cl)cc1)C(=O)OCC(=O)Nc1cc(F)ccc1F. The number of amides is 1. The standard InChI is InChI=1S/C17H15ClF2N2O5S/c1-10(22-28(25,26)13-5-2-11(18)3-6-13)17(24)27-9-16(23)21-15-8-12(19)4-7-14(15)20/h2-8,10,22H,9H2,1H3,(H,21,23)/t10-/m0/s1. The van der Waals surface area contributed by atoms with Gasteiger partial charge in [0.1, 0.15) is 17.7 Å². The first-order valence-corrected chi connectivity index (χ1v) is 9.64. The third-order valence-corrected chi connectivity index (χ3v) is 5.17. The van der Waals surface area contributed by atoms with E-state index < -0.39 is 51.9 Å². The molecule has 7 nitrogen and oxygen atoms in total. The van der Waals surface area contributed by atoms with Gasteiger partial charge in [-0.2, -0.15) is 4.72 Å². The minimum absolute atomic E-state index is 0.115. The second-order valence-electron chi connectivity index (χ2n) is 5.58. The average Bonchev–Trinajstić information content (AvgIpc) is 2.62. The maximum atomic E-state index is 13.5. The third-order valence-electron chi connectivity index (χ3n) is 3.36. The van der Waals surface area contributed by atoms with Crippen molar-refractivity contribution >= 4 is 39.2 Å². The highest BCUT2D eigenvalue weighted by molar-refractivity contribution is 7.89. The lowest BCUT2D eigenvalue weighted by molar-refractivity contribution is -0.148. The van der Waals surface area contributed by atoms with Crippen molar-refractivity contribution in [2.75, 3.05) is 11.9 Å². The number of nitrogens with one attached hydrogen (secondary N) is 2. The van der Waals surface area contributed by atoms with Crippen LogP contribution in [0.5, 0.6) is 0 Å². The Bertz CT molecular complexity index is 984. The first-order chi connectivity index (χ1) is 13.1. The van der Waals surface area contributed by atoms with E-state index in [1.807, 2.05) is 5.32 Å². The molecule has 0 aromatic heterocycles. The van der Waals surface area contributed by atoms with E-state index in [9.17, 15) is 26.8 Å². The Labute approximate surface area is 164 Å². The molecular weight excluding hydrogens is 418 g/mol. The Morgan fingerprint density at radius 3 is 2.43 bits per heavy atom. The zero-order valence-corrected chi connectivity index (χ0v) is 16.0. The molecule has 0 aliphatic heterocycles. The Kier molecular flexibility index (Phi) is 7.05. The van der Waals surface area contributed by atoms with Crippen LogP contribution < -0.4 is 10.0 Å².